The minimum atomic E-state index is -4.68. The molecule has 0 spiro atoms. The summed E-state index contributed by atoms with van der Waals surface area (Å²) in [4.78, 5) is 65.0. The highest BCUT2D eigenvalue weighted by Gasteiger charge is 2.34. The molecule has 0 fully saturated rings. The van der Waals surface area contributed by atoms with E-state index < -0.39 is 47.5 Å². The Morgan fingerprint density at radius 3 is 2.41 bits per heavy atom. The lowest BCUT2D eigenvalue weighted by atomic mass is 10.2. The smallest absolute Gasteiger partial charge is 0.312 e. The van der Waals surface area contributed by atoms with Crippen LogP contribution >= 0.6 is 0 Å². The number of amides is 1. The van der Waals surface area contributed by atoms with Gasteiger partial charge in [-0.1, -0.05) is 6.07 Å². The number of imidazole rings is 1. The van der Waals surface area contributed by atoms with Crippen molar-refractivity contribution in [2.45, 2.75) is 32.6 Å². The molecule has 1 amide bonds. The van der Waals surface area contributed by atoms with Crippen molar-refractivity contribution < 1.29 is 22.8 Å². The summed E-state index contributed by atoms with van der Waals surface area (Å²) in [5.41, 5.74) is -1.08. The number of anilines is 1. The summed E-state index contributed by atoms with van der Waals surface area (Å²) < 4.78 is 41.3. The number of halogens is 3. The standard InChI is InChI=1S/C22H19F3N8O4/c1-11(34)9-32-19(36)16-17(31(3)21(32)37)28-10-33(16)12(2)18(35)30-15-6-4-5-14(29-15)13-7-26-20(27-8-13)22(23,24)25/h4-8,10,12H,9H2,1-3H3,(H,29,30,35)/t12-/m0/s1. The quantitative estimate of drug-likeness (QED) is 0.406. The van der Waals surface area contributed by atoms with Crippen LogP contribution in [0.3, 0.4) is 0 Å². The third-order valence-corrected chi connectivity index (χ3v) is 5.44. The minimum absolute atomic E-state index is 0.0388. The molecule has 1 N–H and O–H groups in total. The van der Waals surface area contributed by atoms with Crippen molar-refractivity contribution in [1.29, 1.82) is 0 Å². The summed E-state index contributed by atoms with van der Waals surface area (Å²) in [6.07, 6.45) is -1.50. The summed E-state index contributed by atoms with van der Waals surface area (Å²) in [6, 6.07) is 3.50. The van der Waals surface area contributed by atoms with Gasteiger partial charge in [0, 0.05) is 25.0 Å². The Morgan fingerprint density at radius 2 is 1.78 bits per heavy atom. The van der Waals surface area contributed by atoms with Crippen LogP contribution in [0.4, 0.5) is 19.0 Å². The first-order valence-corrected chi connectivity index (χ1v) is 10.7. The largest absolute Gasteiger partial charge is 0.451 e. The van der Waals surface area contributed by atoms with Crippen LogP contribution in [-0.4, -0.2) is 45.3 Å². The van der Waals surface area contributed by atoms with Gasteiger partial charge < -0.3 is 9.88 Å². The van der Waals surface area contributed by atoms with Gasteiger partial charge in [0.2, 0.25) is 11.7 Å². The molecule has 4 aromatic rings. The van der Waals surface area contributed by atoms with Gasteiger partial charge in [0.1, 0.15) is 17.6 Å². The van der Waals surface area contributed by atoms with Crippen LogP contribution in [0, 0.1) is 0 Å². The van der Waals surface area contributed by atoms with Crippen LogP contribution < -0.4 is 16.6 Å². The van der Waals surface area contributed by atoms with Crippen molar-refractivity contribution in [2.75, 3.05) is 5.32 Å². The second-order valence-electron chi connectivity index (χ2n) is 8.13. The number of aryl methyl sites for hydroxylation is 1. The normalized spacial score (nSPS) is 12.5. The van der Waals surface area contributed by atoms with Crippen LogP contribution in [0.25, 0.3) is 22.4 Å². The number of rotatable bonds is 6. The maximum Gasteiger partial charge on any atom is 0.451 e. The van der Waals surface area contributed by atoms with Crippen LogP contribution in [-0.2, 0) is 29.4 Å². The Balaban J connectivity index is 1.63. The zero-order valence-corrected chi connectivity index (χ0v) is 19.6. The zero-order chi connectivity index (χ0) is 27.1. The van der Waals surface area contributed by atoms with Gasteiger partial charge >= 0.3 is 11.9 Å². The van der Waals surface area contributed by atoms with Crippen molar-refractivity contribution >= 4 is 28.7 Å². The van der Waals surface area contributed by atoms with Crippen molar-refractivity contribution in [2.24, 2.45) is 7.05 Å². The number of ketones is 1. The molecule has 0 radical (unpaired) electrons. The molecule has 0 aromatic carbocycles. The third kappa shape index (κ3) is 4.87. The highest BCUT2D eigenvalue weighted by Crippen LogP contribution is 2.27. The molecule has 4 heterocycles. The van der Waals surface area contributed by atoms with E-state index in [9.17, 15) is 32.3 Å². The average molecular weight is 516 g/mol. The van der Waals surface area contributed by atoms with Crippen LogP contribution in [0.2, 0.25) is 0 Å². The molecule has 0 bridgehead atoms. The number of Topliss-reactive ketones (excluding diaryl/α,β-unsaturated/α-hetero) is 1. The third-order valence-electron chi connectivity index (χ3n) is 5.44. The lowest BCUT2D eigenvalue weighted by molar-refractivity contribution is -0.145. The summed E-state index contributed by atoms with van der Waals surface area (Å²) in [7, 11) is 1.39. The zero-order valence-electron chi connectivity index (χ0n) is 19.6. The van der Waals surface area contributed by atoms with Crippen molar-refractivity contribution in [1.82, 2.24) is 33.6 Å². The van der Waals surface area contributed by atoms with Gasteiger partial charge in [-0.3, -0.25) is 23.5 Å². The summed E-state index contributed by atoms with van der Waals surface area (Å²) in [6.45, 7) is 2.29. The molecule has 192 valence electrons. The SMILES string of the molecule is CC(=O)Cn1c(=O)c2c(ncn2[C@@H](C)C(=O)Nc2cccc(-c3cnc(C(F)(F)F)nc3)n2)n(C)c1=O. The fourth-order valence-corrected chi connectivity index (χ4v) is 3.57. The van der Waals surface area contributed by atoms with E-state index in [4.69, 9.17) is 0 Å². The number of carbonyl (C=O) groups excluding carboxylic acids is 2. The van der Waals surface area contributed by atoms with Gasteiger partial charge in [0.25, 0.3) is 5.56 Å². The maximum absolute atomic E-state index is 13.0. The van der Waals surface area contributed by atoms with Gasteiger partial charge in [-0.15, -0.1) is 0 Å². The number of hydrogen-bond donors (Lipinski definition) is 1. The van der Waals surface area contributed by atoms with Crippen LogP contribution in [0.1, 0.15) is 25.7 Å². The number of alkyl halides is 3. The molecular weight excluding hydrogens is 497 g/mol. The molecule has 4 aromatic heterocycles. The second-order valence-corrected chi connectivity index (χ2v) is 8.13. The van der Waals surface area contributed by atoms with E-state index in [0.717, 1.165) is 21.5 Å². The van der Waals surface area contributed by atoms with E-state index in [1.165, 1.54) is 50.0 Å². The topological polar surface area (TPSA) is 147 Å². The highest BCUT2D eigenvalue weighted by atomic mass is 19.4. The number of nitrogens with zero attached hydrogens (tertiary/aromatic N) is 7. The number of nitrogens with one attached hydrogen (secondary N) is 1. The molecule has 0 saturated carbocycles. The first-order valence-electron chi connectivity index (χ1n) is 10.7. The molecule has 0 aliphatic rings. The molecule has 12 nitrogen and oxygen atoms in total. The van der Waals surface area contributed by atoms with Gasteiger partial charge in [0.05, 0.1) is 18.6 Å². The van der Waals surface area contributed by atoms with E-state index >= 15 is 0 Å². The molecular formula is C22H19F3N8O4. The number of pyridine rings is 1. The number of fused-ring (bicyclic) bond motifs is 1. The Hall–Kier alpha value is -4.69. The molecule has 0 unspecified atom stereocenters. The molecule has 0 aliphatic carbocycles. The first kappa shape index (κ1) is 25.4. The summed E-state index contributed by atoms with van der Waals surface area (Å²) in [5, 5.41) is 2.58. The molecule has 37 heavy (non-hydrogen) atoms. The van der Waals surface area contributed by atoms with E-state index in [1.54, 1.807) is 0 Å². The number of hydrogen-bond acceptors (Lipinski definition) is 8. The van der Waals surface area contributed by atoms with Crippen molar-refractivity contribution in [3.63, 3.8) is 0 Å². The minimum Gasteiger partial charge on any atom is -0.312 e. The molecule has 15 heteroatoms. The molecule has 0 aliphatic heterocycles. The summed E-state index contributed by atoms with van der Waals surface area (Å²) in [5.74, 6) is -2.21. The Morgan fingerprint density at radius 1 is 1.11 bits per heavy atom. The van der Waals surface area contributed by atoms with Crippen molar-refractivity contribution in [3.05, 3.63) is 63.6 Å². The lowest BCUT2D eigenvalue weighted by Crippen LogP contribution is -2.41. The predicted octanol–water partition coefficient (Wildman–Crippen LogP) is 1.56. The molecule has 4 rings (SSSR count). The van der Waals surface area contributed by atoms with E-state index in [1.807, 2.05) is 0 Å². The van der Waals surface area contributed by atoms with E-state index in [0.29, 0.717) is 0 Å². The average Bonchev–Trinajstić information content (AvgIpc) is 3.30. The van der Waals surface area contributed by atoms with Crippen LogP contribution in [0.5, 0.6) is 0 Å². The van der Waals surface area contributed by atoms with Gasteiger partial charge in [-0.25, -0.2) is 24.7 Å². The Bertz CT molecular complexity index is 1640. The summed E-state index contributed by atoms with van der Waals surface area (Å²) >= 11 is 0. The number of aromatic nitrogens is 7. The second kappa shape index (κ2) is 9.40. The Kier molecular flexibility index (Phi) is 6.46. The van der Waals surface area contributed by atoms with E-state index in [2.05, 4.69) is 25.3 Å². The predicted molar refractivity (Wildman–Crippen MR) is 124 cm³/mol. The maximum atomic E-state index is 13.0. The Labute approximate surface area is 205 Å². The first-order chi connectivity index (χ1) is 17.4. The fraction of sp³-hybridized carbons (Fsp3) is 0.273. The van der Waals surface area contributed by atoms with Gasteiger partial charge in [-0.2, -0.15) is 13.2 Å². The van der Waals surface area contributed by atoms with Gasteiger partial charge in [0.15, 0.2) is 11.2 Å². The van der Waals surface area contributed by atoms with Crippen molar-refractivity contribution in [3.8, 4) is 11.3 Å². The van der Waals surface area contributed by atoms with Gasteiger partial charge in [-0.05, 0) is 26.0 Å². The number of carbonyl (C=O) groups is 2. The lowest BCUT2D eigenvalue weighted by Gasteiger charge is -2.15. The van der Waals surface area contributed by atoms with E-state index in [-0.39, 0.29) is 28.2 Å². The molecule has 1 atom stereocenters. The van der Waals surface area contributed by atoms with Crippen LogP contribution in [0.15, 0.2) is 46.5 Å². The monoisotopic (exact) mass is 516 g/mol. The fourth-order valence-electron chi connectivity index (χ4n) is 3.57. The molecule has 0 saturated heterocycles. The highest BCUT2D eigenvalue weighted by molar-refractivity contribution is 5.93.